The second kappa shape index (κ2) is 3.48. The van der Waals surface area contributed by atoms with Gasteiger partial charge in [0.2, 0.25) is 0 Å². The van der Waals surface area contributed by atoms with Crippen LogP contribution in [0.5, 0.6) is 0 Å². The summed E-state index contributed by atoms with van der Waals surface area (Å²) in [6.07, 6.45) is 3.97. The molecule has 0 atom stereocenters. The zero-order valence-corrected chi connectivity index (χ0v) is 8.60. The van der Waals surface area contributed by atoms with Crippen molar-refractivity contribution < 1.29 is 0 Å². The topological polar surface area (TPSA) is 17.8 Å². The summed E-state index contributed by atoms with van der Waals surface area (Å²) in [5, 5.41) is 4.20. The number of hydrogen-bond acceptors (Lipinski definition) is 1. The van der Waals surface area contributed by atoms with Gasteiger partial charge in [-0.25, -0.2) is 0 Å². The molecule has 3 heteroatoms. The van der Waals surface area contributed by atoms with Crippen molar-refractivity contribution in [3.63, 3.8) is 0 Å². The van der Waals surface area contributed by atoms with E-state index in [0.717, 1.165) is 6.54 Å². The molecule has 0 spiro atoms. The Morgan fingerprint density at radius 2 is 2.17 bits per heavy atom. The molecule has 1 rings (SSSR count). The summed E-state index contributed by atoms with van der Waals surface area (Å²) in [5.41, 5.74) is 1.44. The lowest BCUT2D eigenvalue weighted by molar-refractivity contribution is 0.587. The van der Waals surface area contributed by atoms with E-state index in [2.05, 4.69) is 32.1 Å². The van der Waals surface area contributed by atoms with Crippen LogP contribution >= 0.6 is 11.6 Å². The van der Waals surface area contributed by atoms with Gasteiger partial charge in [-0.05, 0) is 11.0 Å². The molecule has 1 aromatic rings. The fourth-order valence-corrected chi connectivity index (χ4v) is 1.13. The number of alkyl halides is 1. The first-order valence-corrected chi connectivity index (χ1v) is 4.66. The van der Waals surface area contributed by atoms with Gasteiger partial charge in [-0.15, -0.1) is 11.6 Å². The molecule has 0 saturated heterocycles. The summed E-state index contributed by atoms with van der Waals surface area (Å²) in [6, 6.07) is 0. The molecule has 0 fully saturated rings. The first kappa shape index (κ1) is 9.59. The van der Waals surface area contributed by atoms with Crippen LogP contribution in [0, 0.1) is 0 Å². The fourth-order valence-electron chi connectivity index (χ4n) is 0.960. The molecule has 0 aliphatic heterocycles. The Balaban J connectivity index is 2.77. The number of halogens is 1. The Morgan fingerprint density at radius 1 is 1.50 bits per heavy atom. The van der Waals surface area contributed by atoms with Gasteiger partial charge in [0, 0.05) is 12.1 Å². The summed E-state index contributed by atoms with van der Waals surface area (Å²) >= 11 is 5.60. The van der Waals surface area contributed by atoms with Crippen molar-refractivity contribution in [1.82, 2.24) is 9.78 Å². The van der Waals surface area contributed by atoms with Crippen LogP contribution in [0.25, 0.3) is 0 Å². The average molecular weight is 187 g/mol. The van der Waals surface area contributed by atoms with Crippen molar-refractivity contribution in [3.8, 4) is 0 Å². The van der Waals surface area contributed by atoms with Gasteiger partial charge in [0.05, 0.1) is 12.7 Å². The van der Waals surface area contributed by atoms with Gasteiger partial charge in [0.25, 0.3) is 0 Å². The fraction of sp³-hybridized carbons (Fsp3) is 0.667. The maximum atomic E-state index is 5.60. The number of aromatic nitrogens is 2. The van der Waals surface area contributed by atoms with E-state index >= 15 is 0 Å². The van der Waals surface area contributed by atoms with Gasteiger partial charge in [0.15, 0.2) is 0 Å². The zero-order valence-electron chi connectivity index (χ0n) is 7.84. The third-order valence-electron chi connectivity index (χ3n) is 1.81. The molecule has 12 heavy (non-hydrogen) atoms. The Hall–Kier alpha value is -0.500. The lowest BCUT2D eigenvalue weighted by Crippen LogP contribution is -2.09. The highest BCUT2D eigenvalue weighted by molar-refractivity contribution is 6.17. The van der Waals surface area contributed by atoms with Gasteiger partial charge in [-0.1, -0.05) is 20.8 Å². The molecule has 1 aromatic heterocycles. The van der Waals surface area contributed by atoms with Crippen LogP contribution in [0.3, 0.4) is 0 Å². The second-order valence-electron chi connectivity index (χ2n) is 3.93. The van der Waals surface area contributed by atoms with Crippen molar-refractivity contribution >= 4 is 11.6 Å². The number of hydrogen-bond donors (Lipinski definition) is 0. The maximum absolute atomic E-state index is 5.60. The largest absolute Gasteiger partial charge is 0.271 e. The molecule has 0 aliphatic rings. The summed E-state index contributed by atoms with van der Waals surface area (Å²) < 4.78 is 1.88. The van der Waals surface area contributed by atoms with Gasteiger partial charge in [-0.3, -0.25) is 4.68 Å². The summed E-state index contributed by atoms with van der Waals surface area (Å²) in [6.45, 7) is 7.32. The molecule has 0 radical (unpaired) electrons. The van der Waals surface area contributed by atoms with E-state index in [1.807, 2.05) is 10.9 Å². The highest BCUT2D eigenvalue weighted by Gasteiger charge is 2.15. The molecular weight excluding hydrogens is 172 g/mol. The number of nitrogens with zero attached hydrogens (tertiary/aromatic N) is 2. The first-order valence-electron chi connectivity index (χ1n) is 4.13. The van der Waals surface area contributed by atoms with Crippen LogP contribution in [0.1, 0.15) is 26.3 Å². The summed E-state index contributed by atoms with van der Waals surface area (Å²) in [5.74, 6) is 0.616. The molecule has 0 aromatic carbocycles. The van der Waals surface area contributed by atoms with E-state index < -0.39 is 0 Å². The van der Waals surface area contributed by atoms with Gasteiger partial charge in [-0.2, -0.15) is 5.10 Å². The van der Waals surface area contributed by atoms with Crippen LogP contribution in [0.15, 0.2) is 12.4 Å². The average Bonchev–Trinajstić information content (AvgIpc) is 2.35. The first-order chi connectivity index (χ1) is 5.54. The van der Waals surface area contributed by atoms with E-state index in [-0.39, 0.29) is 5.41 Å². The SMILES string of the molecule is CC(C)(C)c1cnn(CCCl)c1. The van der Waals surface area contributed by atoms with Crippen LogP contribution in [0.2, 0.25) is 0 Å². The molecule has 0 bridgehead atoms. The zero-order chi connectivity index (χ0) is 9.19. The summed E-state index contributed by atoms with van der Waals surface area (Å²) in [4.78, 5) is 0. The Morgan fingerprint density at radius 3 is 2.58 bits per heavy atom. The normalized spacial score (nSPS) is 12.0. The van der Waals surface area contributed by atoms with Gasteiger partial charge < -0.3 is 0 Å². The van der Waals surface area contributed by atoms with E-state index in [1.54, 1.807) is 0 Å². The van der Waals surface area contributed by atoms with E-state index in [1.165, 1.54) is 5.56 Å². The third kappa shape index (κ3) is 2.24. The smallest absolute Gasteiger partial charge is 0.0544 e. The molecule has 2 nitrogen and oxygen atoms in total. The van der Waals surface area contributed by atoms with Crippen LogP contribution < -0.4 is 0 Å². The third-order valence-corrected chi connectivity index (χ3v) is 1.98. The minimum Gasteiger partial charge on any atom is -0.271 e. The Bertz CT molecular complexity index is 247. The van der Waals surface area contributed by atoms with Gasteiger partial charge >= 0.3 is 0 Å². The lowest BCUT2D eigenvalue weighted by Gasteiger charge is -2.14. The van der Waals surface area contributed by atoms with Crippen molar-refractivity contribution in [1.29, 1.82) is 0 Å². The van der Waals surface area contributed by atoms with E-state index in [4.69, 9.17) is 11.6 Å². The second-order valence-corrected chi connectivity index (χ2v) is 4.31. The standard InChI is InChI=1S/C9H15ClN2/c1-9(2,3)8-6-11-12(7-8)5-4-10/h6-7H,4-5H2,1-3H3. The Kier molecular flexibility index (Phi) is 2.78. The number of rotatable bonds is 2. The molecule has 0 aliphatic carbocycles. The van der Waals surface area contributed by atoms with E-state index in [0.29, 0.717) is 5.88 Å². The quantitative estimate of drug-likeness (QED) is 0.649. The molecule has 0 saturated carbocycles. The minimum atomic E-state index is 0.185. The van der Waals surface area contributed by atoms with Gasteiger partial charge in [0.1, 0.15) is 0 Å². The minimum absolute atomic E-state index is 0.185. The molecule has 0 N–H and O–H groups in total. The number of aryl methyl sites for hydroxylation is 1. The van der Waals surface area contributed by atoms with Crippen LogP contribution in [-0.2, 0) is 12.0 Å². The molecule has 68 valence electrons. The van der Waals surface area contributed by atoms with Crippen LogP contribution in [-0.4, -0.2) is 15.7 Å². The van der Waals surface area contributed by atoms with Crippen molar-refractivity contribution in [2.75, 3.05) is 5.88 Å². The van der Waals surface area contributed by atoms with Crippen molar-refractivity contribution in [3.05, 3.63) is 18.0 Å². The Labute approximate surface area is 78.5 Å². The maximum Gasteiger partial charge on any atom is 0.0544 e. The lowest BCUT2D eigenvalue weighted by atomic mass is 9.90. The monoisotopic (exact) mass is 186 g/mol. The van der Waals surface area contributed by atoms with Crippen molar-refractivity contribution in [2.45, 2.75) is 32.7 Å². The molecule has 0 unspecified atom stereocenters. The van der Waals surface area contributed by atoms with Crippen LogP contribution in [0.4, 0.5) is 0 Å². The predicted molar refractivity (Wildman–Crippen MR) is 51.6 cm³/mol. The van der Waals surface area contributed by atoms with E-state index in [9.17, 15) is 0 Å². The molecule has 0 amide bonds. The highest BCUT2D eigenvalue weighted by atomic mass is 35.5. The highest BCUT2D eigenvalue weighted by Crippen LogP contribution is 2.20. The predicted octanol–water partition coefficient (Wildman–Crippen LogP) is 2.42. The molecule has 1 heterocycles. The summed E-state index contributed by atoms with van der Waals surface area (Å²) in [7, 11) is 0. The molecular formula is C9H15ClN2. The van der Waals surface area contributed by atoms with Crippen molar-refractivity contribution in [2.24, 2.45) is 0 Å².